The average Bonchev–Trinajstić information content (AvgIpc) is 2.57. The van der Waals surface area contributed by atoms with Gasteiger partial charge < -0.3 is 4.98 Å². The lowest BCUT2D eigenvalue weighted by Crippen LogP contribution is -2.17. The standard InChI is InChI=1S/C8H5BrN4O/c1-4-6(9)8(14)13-7(12-4)5(2-10)3-11-13/h3,12H,1H3. The SMILES string of the molecule is Cc1[nH]c2c(C#N)cnn2c(=O)c1Br. The molecule has 2 rings (SSSR count). The molecule has 0 spiro atoms. The Kier molecular flexibility index (Phi) is 1.89. The summed E-state index contributed by atoms with van der Waals surface area (Å²) in [5.74, 6) is 0. The summed E-state index contributed by atoms with van der Waals surface area (Å²) < 4.78 is 1.59. The van der Waals surface area contributed by atoms with Crippen LogP contribution in [0.2, 0.25) is 0 Å². The van der Waals surface area contributed by atoms with Gasteiger partial charge in [-0.15, -0.1) is 0 Å². The number of nitriles is 1. The lowest BCUT2D eigenvalue weighted by molar-refractivity contribution is 0.880. The van der Waals surface area contributed by atoms with E-state index in [0.717, 1.165) is 4.52 Å². The minimum Gasteiger partial charge on any atom is -0.341 e. The van der Waals surface area contributed by atoms with E-state index in [9.17, 15) is 4.79 Å². The van der Waals surface area contributed by atoms with Crippen molar-refractivity contribution < 1.29 is 0 Å². The first-order chi connectivity index (χ1) is 6.65. The van der Waals surface area contributed by atoms with Gasteiger partial charge in [-0.1, -0.05) is 0 Å². The Morgan fingerprint density at radius 1 is 1.71 bits per heavy atom. The molecule has 2 aromatic rings. The highest BCUT2D eigenvalue weighted by Gasteiger charge is 2.10. The molecular weight excluding hydrogens is 248 g/mol. The predicted octanol–water partition coefficient (Wildman–Crippen LogP) is 0.965. The molecule has 0 amide bonds. The van der Waals surface area contributed by atoms with E-state index in [1.165, 1.54) is 6.20 Å². The first-order valence-electron chi connectivity index (χ1n) is 3.81. The highest BCUT2D eigenvalue weighted by atomic mass is 79.9. The molecule has 70 valence electrons. The molecule has 0 unspecified atom stereocenters. The minimum atomic E-state index is -0.266. The van der Waals surface area contributed by atoms with Crippen LogP contribution in [0.1, 0.15) is 11.3 Å². The van der Waals surface area contributed by atoms with Crippen molar-refractivity contribution in [2.45, 2.75) is 6.92 Å². The third-order valence-electron chi connectivity index (χ3n) is 1.90. The highest BCUT2D eigenvalue weighted by Crippen LogP contribution is 2.11. The zero-order valence-electron chi connectivity index (χ0n) is 7.21. The Balaban J connectivity index is 3.03. The topological polar surface area (TPSA) is 73.9 Å². The summed E-state index contributed by atoms with van der Waals surface area (Å²) in [5, 5.41) is 12.5. The molecule has 0 fully saturated rings. The third-order valence-corrected chi connectivity index (χ3v) is 2.84. The van der Waals surface area contributed by atoms with Gasteiger partial charge in [0.2, 0.25) is 0 Å². The molecule has 5 nitrogen and oxygen atoms in total. The molecular formula is C8H5BrN4O. The number of aryl methyl sites for hydroxylation is 1. The number of fused-ring (bicyclic) bond motifs is 1. The minimum absolute atomic E-state index is 0.266. The summed E-state index contributed by atoms with van der Waals surface area (Å²) >= 11 is 3.14. The lowest BCUT2D eigenvalue weighted by atomic mass is 10.3. The van der Waals surface area contributed by atoms with Crippen molar-refractivity contribution in [3.05, 3.63) is 32.3 Å². The van der Waals surface area contributed by atoms with Crippen molar-refractivity contribution in [1.29, 1.82) is 5.26 Å². The largest absolute Gasteiger partial charge is 0.341 e. The Morgan fingerprint density at radius 3 is 3.07 bits per heavy atom. The van der Waals surface area contributed by atoms with Crippen LogP contribution in [-0.4, -0.2) is 14.6 Å². The van der Waals surface area contributed by atoms with E-state index in [1.54, 1.807) is 6.92 Å². The van der Waals surface area contributed by atoms with Crippen LogP contribution in [0.15, 0.2) is 15.5 Å². The van der Waals surface area contributed by atoms with Crippen LogP contribution in [0.25, 0.3) is 5.65 Å². The Bertz CT molecular complexity index is 604. The van der Waals surface area contributed by atoms with E-state index in [-0.39, 0.29) is 5.56 Å². The molecule has 1 N–H and O–H groups in total. The third kappa shape index (κ3) is 1.06. The summed E-state index contributed by atoms with van der Waals surface area (Å²) in [6.07, 6.45) is 1.36. The smallest absolute Gasteiger partial charge is 0.288 e. The monoisotopic (exact) mass is 252 g/mol. The summed E-state index contributed by atoms with van der Waals surface area (Å²) in [6.45, 7) is 1.75. The molecule has 0 saturated carbocycles. The maximum Gasteiger partial charge on any atom is 0.288 e. The van der Waals surface area contributed by atoms with Gasteiger partial charge >= 0.3 is 0 Å². The fourth-order valence-electron chi connectivity index (χ4n) is 1.19. The molecule has 0 atom stereocenters. The van der Waals surface area contributed by atoms with Crippen molar-refractivity contribution in [3.63, 3.8) is 0 Å². The second-order valence-corrected chi connectivity index (χ2v) is 3.59. The van der Waals surface area contributed by atoms with Gasteiger partial charge in [-0.25, -0.2) is 0 Å². The predicted molar refractivity (Wildman–Crippen MR) is 53.0 cm³/mol. The second-order valence-electron chi connectivity index (χ2n) is 2.80. The molecule has 0 radical (unpaired) electrons. The quantitative estimate of drug-likeness (QED) is 0.759. The van der Waals surface area contributed by atoms with Crippen molar-refractivity contribution in [3.8, 4) is 6.07 Å². The van der Waals surface area contributed by atoms with Crippen LogP contribution in [-0.2, 0) is 0 Å². The fraction of sp³-hybridized carbons (Fsp3) is 0.125. The van der Waals surface area contributed by atoms with Crippen LogP contribution in [0.5, 0.6) is 0 Å². The summed E-state index contributed by atoms with van der Waals surface area (Å²) in [5.41, 5.74) is 1.20. The fourth-order valence-corrected chi connectivity index (χ4v) is 1.46. The first-order valence-corrected chi connectivity index (χ1v) is 4.60. The first kappa shape index (κ1) is 8.97. The molecule has 0 bridgehead atoms. The van der Waals surface area contributed by atoms with Crippen molar-refractivity contribution in [2.24, 2.45) is 0 Å². The molecule has 6 heteroatoms. The van der Waals surface area contributed by atoms with Gasteiger partial charge in [-0.3, -0.25) is 4.79 Å². The van der Waals surface area contributed by atoms with Crippen LogP contribution in [0, 0.1) is 18.3 Å². The van der Waals surface area contributed by atoms with Gasteiger partial charge in [-0.2, -0.15) is 14.9 Å². The van der Waals surface area contributed by atoms with Gasteiger partial charge in [0, 0.05) is 5.69 Å². The maximum absolute atomic E-state index is 11.6. The Hall–Kier alpha value is -1.61. The van der Waals surface area contributed by atoms with Gasteiger partial charge in [0.1, 0.15) is 16.1 Å². The van der Waals surface area contributed by atoms with E-state index in [1.807, 2.05) is 6.07 Å². The summed E-state index contributed by atoms with van der Waals surface area (Å²) in [7, 11) is 0. The lowest BCUT2D eigenvalue weighted by Gasteiger charge is -1.99. The van der Waals surface area contributed by atoms with E-state index in [4.69, 9.17) is 5.26 Å². The molecule has 14 heavy (non-hydrogen) atoms. The Labute approximate surface area is 87.1 Å². The summed E-state index contributed by atoms with van der Waals surface area (Å²) in [6, 6.07) is 1.96. The van der Waals surface area contributed by atoms with Gasteiger partial charge in [-0.05, 0) is 22.9 Å². The van der Waals surface area contributed by atoms with E-state index < -0.39 is 0 Å². The van der Waals surface area contributed by atoms with Crippen LogP contribution in [0.4, 0.5) is 0 Å². The summed E-state index contributed by atoms with van der Waals surface area (Å²) in [4.78, 5) is 14.5. The van der Waals surface area contributed by atoms with Gasteiger partial charge in [0.05, 0.1) is 6.20 Å². The maximum atomic E-state index is 11.6. The molecule has 0 aliphatic heterocycles. The van der Waals surface area contributed by atoms with Gasteiger partial charge in [0.25, 0.3) is 5.56 Å². The number of halogens is 1. The van der Waals surface area contributed by atoms with E-state index in [2.05, 4.69) is 26.0 Å². The van der Waals surface area contributed by atoms with E-state index >= 15 is 0 Å². The van der Waals surface area contributed by atoms with Crippen LogP contribution in [0.3, 0.4) is 0 Å². The number of H-pyrrole nitrogens is 1. The number of hydrogen-bond donors (Lipinski definition) is 1. The number of hydrogen-bond acceptors (Lipinski definition) is 3. The van der Waals surface area contributed by atoms with Crippen molar-refractivity contribution >= 4 is 21.6 Å². The molecule has 2 heterocycles. The molecule has 0 saturated heterocycles. The van der Waals surface area contributed by atoms with Crippen LogP contribution < -0.4 is 5.56 Å². The number of nitrogens with zero attached hydrogens (tertiary/aromatic N) is 3. The molecule has 2 aromatic heterocycles. The van der Waals surface area contributed by atoms with Crippen LogP contribution >= 0.6 is 15.9 Å². The average molecular weight is 253 g/mol. The molecule has 0 aromatic carbocycles. The number of aromatic amines is 1. The number of nitrogens with one attached hydrogen (secondary N) is 1. The van der Waals surface area contributed by atoms with Gasteiger partial charge in [0.15, 0.2) is 5.65 Å². The van der Waals surface area contributed by atoms with E-state index in [0.29, 0.717) is 21.4 Å². The number of aromatic nitrogens is 3. The van der Waals surface area contributed by atoms with Crippen molar-refractivity contribution in [2.75, 3.05) is 0 Å². The number of rotatable bonds is 0. The normalized spacial score (nSPS) is 10.4. The van der Waals surface area contributed by atoms with Crippen molar-refractivity contribution in [1.82, 2.24) is 14.6 Å². The molecule has 0 aliphatic rings. The Morgan fingerprint density at radius 2 is 2.43 bits per heavy atom. The molecule has 0 aliphatic carbocycles. The zero-order chi connectivity index (χ0) is 10.3. The second kappa shape index (κ2) is 2.96. The highest BCUT2D eigenvalue weighted by molar-refractivity contribution is 9.10. The zero-order valence-corrected chi connectivity index (χ0v) is 8.79.